The van der Waals surface area contributed by atoms with E-state index in [9.17, 15) is 13.2 Å². The van der Waals surface area contributed by atoms with E-state index in [0.29, 0.717) is 31.0 Å². The van der Waals surface area contributed by atoms with Gasteiger partial charge in [-0.25, -0.2) is 8.42 Å². The van der Waals surface area contributed by atoms with Crippen molar-refractivity contribution < 1.29 is 17.9 Å². The molecular weight excluding hydrogens is 352 g/mol. The highest BCUT2D eigenvalue weighted by Crippen LogP contribution is 2.23. The van der Waals surface area contributed by atoms with E-state index in [2.05, 4.69) is 4.72 Å². The standard InChI is InChI=1S/C19H22N2O4S/c1-19(2)14-25-12-11-21(19)18(22)15-7-6-8-16(13-15)20-26(23,24)17-9-4-3-5-10-17/h3-10,13,20H,11-12,14H2,1-2H3. The van der Waals surface area contributed by atoms with Crippen LogP contribution in [0.5, 0.6) is 0 Å². The summed E-state index contributed by atoms with van der Waals surface area (Å²) in [5, 5.41) is 0. The molecule has 1 amide bonds. The molecule has 3 rings (SSSR count). The minimum Gasteiger partial charge on any atom is -0.377 e. The Morgan fingerprint density at radius 1 is 1.12 bits per heavy atom. The first kappa shape index (κ1) is 18.4. The molecular formula is C19H22N2O4S. The van der Waals surface area contributed by atoms with E-state index in [0.717, 1.165) is 0 Å². The average Bonchev–Trinajstić information content (AvgIpc) is 2.61. The van der Waals surface area contributed by atoms with Crippen molar-refractivity contribution >= 4 is 21.6 Å². The van der Waals surface area contributed by atoms with Gasteiger partial charge in [-0.2, -0.15) is 0 Å². The first-order valence-electron chi connectivity index (χ1n) is 8.37. The zero-order valence-corrected chi connectivity index (χ0v) is 15.6. The van der Waals surface area contributed by atoms with Gasteiger partial charge in [-0.05, 0) is 44.2 Å². The fraction of sp³-hybridized carbons (Fsp3) is 0.316. The number of amides is 1. The fourth-order valence-electron chi connectivity index (χ4n) is 2.92. The normalized spacial score (nSPS) is 16.9. The number of hydrogen-bond acceptors (Lipinski definition) is 4. The van der Waals surface area contributed by atoms with E-state index in [1.807, 2.05) is 13.8 Å². The van der Waals surface area contributed by atoms with Crippen molar-refractivity contribution in [2.24, 2.45) is 0 Å². The van der Waals surface area contributed by atoms with Crippen LogP contribution in [-0.4, -0.2) is 44.5 Å². The lowest BCUT2D eigenvalue weighted by molar-refractivity contribution is -0.0370. The molecule has 1 saturated heterocycles. The molecule has 1 aliphatic rings. The molecule has 7 heteroatoms. The second kappa shape index (κ2) is 7.09. The third-order valence-electron chi connectivity index (χ3n) is 4.31. The van der Waals surface area contributed by atoms with Crippen LogP contribution in [0.1, 0.15) is 24.2 Å². The molecule has 0 spiro atoms. The van der Waals surface area contributed by atoms with Crippen LogP contribution in [0, 0.1) is 0 Å². The maximum absolute atomic E-state index is 12.9. The Bertz CT molecular complexity index is 895. The van der Waals surface area contributed by atoms with Crippen LogP contribution in [-0.2, 0) is 14.8 Å². The van der Waals surface area contributed by atoms with Gasteiger partial charge in [0.1, 0.15) is 0 Å². The number of sulfonamides is 1. The lowest BCUT2D eigenvalue weighted by Gasteiger charge is -2.42. The minimum atomic E-state index is -3.70. The molecule has 0 bridgehead atoms. The molecule has 6 nitrogen and oxygen atoms in total. The van der Waals surface area contributed by atoms with E-state index in [-0.39, 0.29) is 10.8 Å². The second-order valence-corrected chi connectivity index (χ2v) is 8.50. The highest BCUT2D eigenvalue weighted by Gasteiger charge is 2.34. The van der Waals surface area contributed by atoms with Gasteiger partial charge >= 0.3 is 0 Å². The molecule has 0 radical (unpaired) electrons. The average molecular weight is 374 g/mol. The molecule has 1 fully saturated rings. The molecule has 0 unspecified atom stereocenters. The molecule has 1 N–H and O–H groups in total. The number of benzene rings is 2. The van der Waals surface area contributed by atoms with Crippen molar-refractivity contribution in [3.8, 4) is 0 Å². The van der Waals surface area contributed by atoms with E-state index < -0.39 is 15.6 Å². The maximum atomic E-state index is 12.9. The molecule has 138 valence electrons. The molecule has 0 atom stereocenters. The largest absolute Gasteiger partial charge is 0.377 e. The summed E-state index contributed by atoms with van der Waals surface area (Å²) in [5.74, 6) is -0.140. The molecule has 1 aliphatic heterocycles. The van der Waals surface area contributed by atoms with Crippen molar-refractivity contribution in [1.82, 2.24) is 4.90 Å². The lowest BCUT2D eigenvalue weighted by Crippen LogP contribution is -2.55. The molecule has 2 aromatic carbocycles. The number of anilines is 1. The Balaban J connectivity index is 1.83. The maximum Gasteiger partial charge on any atom is 0.261 e. The zero-order chi connectivity index (χ0) is 18.8. The SMILES string of the molecule is CC1(C)COCCN1C(=O)c1cccc(NS(=O)(=O)c2ccccc2)c1. The van der Waals surface area contributed by atoms with Crippen molar-refractivity contribution in [3.05, 3.63) is 60.2 Å². The van der Waals surface area contributed by atoms with Crippen LogP contribution in [0.4, 0.5) is 5.69 Å². The Hall–Kier alpha value is -2.38. The summed E-state index contributed by atoms with van der Waals surface area (Å²) < 4.78 is 32.9. The highest BCUT2D eigenvalue weighted by atomic mass is 32.2. The van der Waals surface area contributed by atoms with Crippen LogP contribution in [0.15, 0.2) is 59.5 Å². The van der Waals surface area contributed by atoms with Crippen molar-refractivity contribution in [2.75, 3.05) is 24.5 Å². The van der Waals surface area contributed by atoms with Gasteiger partial charge in [0.15, 0.2) is 0 Å². The van der Waals surface area contributed by atoms with E-state index in [1.54, 1.807) is 47.4 Å². The third-order valence-corrected chi connectivity index (χ3v) is 5.70. The molecule has 26 heavy (non-hydrogen) atoms. The topological polar surface area (TPSA) is 75.7 Å². The first-order chi connectivity index (χ1) is 12.3. The lowest BCUT2D eigenvalue weighted by atomic mass is 10.0. The smallest absolute Gasteiger partial charge is 0.261 e. The van der Waals surface area contributed by atoms with E-state index in [4.69, 9.17) is 4.74 Å². The van der Waals surface area contributed by atoms with Gasteiger partial charge < -0.3 is 9.64 Å². The predicted molar refractivity (Wildman–Crippen MR) is 99.6 cm³/mol. The summed E-state index contributed by atoms with van der Waals surface area (Å²) in [4.78, 5) is 14.8. The third kappa shape index (κ3) is 3.89. The number of nitrogens with one attached hydrogen (secondary N) is 1. The number of morpholine rings is 1. The number of carbonyl (C=O) groups is 1. The number of ether oxygens (including phenoxy) is 1. The fourth-order valence-corrected chi connectivity index (χ4v) is 3.99. The van der Waals surface area contributed by atoms with Gasteiger partial charge in [0, 0.05) is 17.8 Å². The summed E-state index contributed by atoms with van der Waals surface area (Å²) >= 11 is 0. The van der Waals surface area contributed by atoms with Crippen LogP contribution >= 0.6 is 0 Å². The Morgan fingerprint density at radius 3 is 2.54 bits per heavy atom. The summed E-state index contributed by atoms with van der Waals surface area (Å²) in [6.07, 6.45) is 0. The number of carbonyl (C=O) groups excluding carboxylic acids is 1. The summed E-state index contributed by atoms with van der Waals surface area (Å²) in [5.41, 5.74) is 0.383. The number of rotatable bonds is 4. The van der Waals surface area contributed by atoms with Crippen molar-refractivity contribution in [1.29, 1.82) is 0 Å². The van der Waals surface area contributed by atoms with Crippen molar-refractivity contribution in [3.63, 3.8) is 0 Å². The van der Waals surface area contributed by atoms with Gasteiger partial charge in [0.05, 0.1) is 23.6 Å². The molecule has 0 aliphatic carbocycles. The monoisotopic (exact) mass is 374 g/mol. The molecule has 0 aromatic heterocycles. The quantitative estimate of drug-likeness (QED) is 0.893. The van der Waals surface area contributed by atoms with Crippen LogP contribution in [0.25, 0.3) is 0 Å². The second-order valence-electron chi connectivity index (χ2n) is 6.82. The number of hydrogen-bond donors (Lipinski definition) is 1. The van der Waals surface area contributed by atoms with Crippen molar-refractivity contribution in [2.45, 2.75) is 24.3 Å². The van der Waals surface area contributed by atoms with Gasteiger partial charge in [0.2, 0.25) is 0 Å². The molecule has 0 saturated carbocycles. The zero-order valence-electron chi connectivity index (χ0n) is 14.8. The summed E-state index contributed by atoms with van der Waals surface area (Å²) in [7, 11) is -3.70. The Labute approximate surface area is 153 Å². The minimum absolute atomic E-state index is 0.140. The highest BCUT2D eigenvalue weighted by molar-refractivity contribution is 7.92. The van der Waals surface area contributed by atoms with E-state index >= 15 is 0 Å². The number of nitrogens with zero attached hydrogens (tertiary/aromatic N) is 1. The van der Waals surface area contributed by atoms with Crippen LogP contribution in [0.3, 0.4) is 0 Å². The van der Waals surface area contributed by atoms with Crippen LogP contribution in [0.2, 0.25) is 0 Å². The first-order valence-corrected chi connectivity index (χ1v) is 9.86. The van der Waals surface area contributed by atoms with Gasteiger partial charge in [0.25, 0.3) is 15.9 Å². The van der Waals surface area contributed by atoms with Crippen LogP contribution < -0.4 is 4.72 Å². The Morgan fingerprint density at radius 2 is 1.85 bits per heavy atom. The van der Waals surface area contributed by atoms with E-state index in [1.165, 1.54) is 12.1 Å². The van der Waals surface area contributed by atoms with Gasteiger partial charge in [-0.3, -0.25) is 9.52 Å². The Kier molecular flexibility index (Phi) is 5.02. The van der Waals surface area contributed by atoms with Gasteiger partial charge in [-0.15, -0.1) is 0 Å². The molecule has 1 heterocycles. The van der Waals surface area contributed by atoms with Gasteiger partial charge in [-0.1, -0.05) is 24.3 Å². The summed E-state index contributed by atoms with van der Waals surface area (Å²) in [6.45, 7) is 5.37. The summed E-state index contributed by atoms with van der Waals surface area (Å²) in [6, 6.07) is 14.7. The molecule has 2 aromatic rings. The predicted octanol–water partition coefficient (Wildman–Crippen LogP) is 2.74.